The molecule has 0 spiro atoms. The Morgan fingerprint density at radius 2 is 1.91 bits per heavy atom. The number of ketones is 1. The molecule has 0 N–H and O–H groups in total. The molecule has 10 heteroatoms. The monoisotopic (exact) mass is 466 g/mol. The van der Waals surface area contributed by atoms with Crippen molar-refractivity contribution in [3.05, 3.63) is 23.9 Å². The summed E-state index contributed by atoms with van der Waals surface area (Å²) in [6.45, 7) is 5.04. The van der Waals surface area contributed by atoms with Gasteiger partial charge in [0, 0.05) is 62.9 Å². The maximum atomic E-state index is 13.0. The van der Waals surface area contributed by atoms with Crippen LogP contribution in [0.3, 0.4) is 0 Å². The number of carbonyl (C=O) groups excluding carboxylic acids is 3. The summed E-state index contributed by atoms with van der Waals surface area (Å²) in [6, 6.07) is 3.41. The van der Waals surface area contributed by atoms with E-state index < -0.39 is 11.3 Å². The number of aliphatic imine (C=N–C) groups is 2. The SMILES string of the molecule is COc1ccc(C(=O)C2CCN(C(=O)CC(C)(C)CC3=NC(=O)C4C=NN(C)C4=N3)CC2)cn1. The van der Waals surface area contributed by atoms with Gasteiger partial charge < -0.3 is 9.64 Å². The van der Waals surface area contributed by atoms with Gasteiger partial charge in [-0.05, 0) is 24.3 Å². The zero-order valence-electron chi connectivity index (χ0n) is 20.0. The third-order valence-electron chi connectivity index (χ3n) is 6.46. The second-order valence-electron chi connectivity index (χ2n) is 9.73. The van der Waals surface area contributed by atoms with E-state index in [1.807, 2.05) is 18.7 Å². The van der Waals surface area contributed by atoms with Crippen molar-refractivity contribution in [1.82, 2.24) is 14.9 Å². The van der Waals surface area contributed by atoms with E-state index in [-0.39, 0.29) is 23.5 Å². The molecule has 4 heterocycles. The van der Waals surface area contributed by atoms with E-state index in [1.165, 1.54) is 7.11 Å². The molecule has 180 valence electrons. The number of Topliss-reactive ketones (excluding diaryl/α,β-unsaturated/α-hetero) is 1. The highest BCUT2D eigenvalue weighted by Crippen LogP contribution is 2.30. The number of hydrogen-bond donors (Lipinski definition) is 0. The zero-order chi connectivity index (χ0) is 24.5. The van der Waals surface area contributed by atoms with Crippen molar-refractivity contribution in [3.63, 3.8) is 0 Å². The molecule has 0 bridgehead atoms. The highest BCUT2D eigenvalue weighted by molar-refractivity contribution is 6.24. The lowest BCUT2D eigenvalue weighted by molar-refractivity contribution is -0.134. The predicted octanol–water partition coefficient (Wildman–Crippen LogP) is 2.20. The topological polar surface area (TPSA) is 117 Å². The Balaban J connectivity index is 1.30. The van der Waals surface area contributed by atoms with E-state index in [2.05, 4.69) is 20.1 Å². The van der Waals surface area contributed by atoms with Crippen molar-refractivity contribution in [1.29, 1.82) is 0 Å². The number of likely N-dealkylation sites (tertiary alicyclic amines) is 1. The van der Waals surface area contributed by atoms with Crippen LogP contribution < -0.4 is 4.74 Å². The van der Waals surface area contributed by atoms with Crippen molar-refractivity contribution in [2.75, 3.05) is 27.2 Å². The molecule has 1 fully saturated rings. The van der Waals surface area contributed by atoms with Crippen molar-refractivity contribution < 1.29 is 19.1 Å². The van der Waals surface area contributed by atoms with Crippen LogP contribution in [0.1, 0.15) is 49.9 Å². The summed E-state index contributed by atoms with van der Waals surface area (Å²) in [5.41, 5.74) is 0.142. The third kappa shape index (κ3) is 5.05. The van der Waals surface area contributed by atoms with Gasteiger partial charge in [-0.3, -0.25) is 19.4 Å². The summed E-state index contributed by atoms with van der Waals surface area (Å²) >= 11 is 0. The smallest absolute Gasteiger partial charge is 0.263 e. The van der Waals surface area contributed by atoms with Gasteiger partial charge in [-0.1, -0.05) is 13.8 Å². The van der Waals surface area contributed by atoms with Crippen molar-refractivity contribution in [3.8, 4) is 5.88 Å². The van der Waals surface area contributed by atoms with Gasteiger partial charge in [-0.25, -0.2) is 9.98 Å². The van der Waals surface area contributed by atoms with E-state index >= 15 is 0 Å². The molecule has 0 radical (unpaired) electrons. The Hall–Kier alpha value is -3.43. The molecule has 1 unspecified atom stereocenters. The molecular formula is C24H30N6O4. The van der Waals surface area contributed by atoms with Gasteiger partial charge in [0.2, 0.25) is 11.8 Å². The highest BCUT2D eigenvalue weighted by atomic mass is 16.5. The lowest BCUT2D eigenvalue weighted by Crippen LogP contribution is -2.42. The molecule has 2 amide bonds. The van der Waals surface area contributed by atoms with Crippen LogP contribution >= 0.6 is 0 Å². The van der Waals surface area contributed by atoms with Crippen LogP contribution in [-0.2, 0) is 9.59 Å². The number of amidine groups is 2. The van der Waals surface area contributed by atoms with Gasteiger partial charge in [-0.15, -0.1) is 0 Å². The van der Waals surface area contributed by atoms with Crippen molar-refractivity contribution >= 4 is 35.5 Å². The van der Waals surface area contributed by atoms with Gasteiger partial charge in [0.25, 0.3) is 5.91 Å². The molecule has 0 saturated carbocycles. The number of piperidine rings is 1. The van der Waals surface area contributed by atoms with Crippen LogP contribution in [0.4, 0.5) is 0 Å². The first-order valence-corrected chi connectivity index (χ1v) is 11.5. The number of methoxy groups -OCH3 is 1. The van der Waals surface area contributed by atoms with E-state index in [1.54, 1.807) is 36.6 Å². The van der Waals surface area contributed by atoms with Gasteiger partial charge in [0.1, 0.15) is 17.6 Å². The predicted molar refractivity (Wildman–Crippen MR) is 127 cm³/mol. The van der Waals surface area contributed by atoms with Crippen LogP contribution in [0.15, 0.2) is 33.4 Å². The number of rotatable bonds is 7. The molecule has 1 aromatic heterocycles. The minimum absolute atomic E-state index is 0.0385. The second kappa shape index (κ2) is 9.44. The number of pyridine rings is 1. The fraction of sp³-hybridized carbons (Fsp3) is 0.542. The highest BCUT2D eigenvalue weighted by Gasteiger charge is 2.36. The van der Waals surface area contributed by atoms with Gasteiger partial charge >= 0.3 is 0 Å². The standard InChI is InChI=1S/C24H30N6O4/c1-24(2,11-18-27-22-17(23(33)28-18)14-26-29(22)3)12-20(31)30-9-7-15(8-10-30)21(32)16-5-6-19(34-4)25-13-16/h5-6,13-15,17H,7-12H2,1-4H3. The van der Waals surface area contributed by atoms with Crippen LogP contribution in [-0.4, -0.2) is 77.6 Å². The Labute approximate surface area is 198 Å². The molecule has 1 atom stereocenters. The number of ether oxygens (including phenoxy) is 1. The van der Waals surface area contributed by atoms with E-state index in [0.717, 1.165) is 0 Å². The first-order chi connectivity index (χ1) is 16.2. The number of hydrazone groups is 1. The fourth-order valence-corrected chi connectivity index (χ4v) is 4.53. The number of carbonyl (C=O) groups is 3. The number of fused-ring (bicyclic) bond motifs is 1. The molecule has 0 aliphatic carbocycles. The van der Waals surface area contributed by atoms with Gasteiger partial charge in [0.05, 0.1) is 7.11 Å². The molecule has 1 saturated heterocycles. The average molecular weight is 467 g/mol. The Kier molecular flexibility index (Phi) is 6.58. The molecule has 3 aliphatic heterocycles. The molecular weight excluding hydrogens is 436 g/mol. The minimum atomic E-state index is -0.504. The summed E-state index contributed by atoms with van der Waals surface area (Å²) < 4.78 is 5.05. The van der Waals surface area contributed by atoms with Gasteiger partial charge in [0.15, 0.2) is 5.78 Å². The molecule has 0 aromatic carbocycles. The fourth-order valence-electron chi connectivity index (χ4n) is 4.53. The second-order valence-corrected chi connectivity index (χ2v) is 9.73. The third-order valence-corrected chi connectivity index (χ3v) is 6.46. The maximum Gasteiger partial charge on any atom is 0.263 e. The number of nitrogens with zero attached hydrogens (tertiary/aromatic N) is 6. The lowest BCUT2D eigenvalue weighted by Gasteiger charge is -2.34. The van der Waals surface area contributed by atoms with Crippen LogP contribution in [0, 0.1) is 17.3 Å². The molecule has 4 rings (SSSR count). The quantitative estimate of drug-likeness (QED) is 0.569. The zero-order valence-corrected chi connectivity index (χ0v) is 20.0. The van der Waals surface area contributed by atoms with Gasteiger partial charge in [-0.2, -0.15) is 10.1 Å². The van der Waals surface area contributed by atoms with Crippen LogP contribution in [0.5, 0.6) is 5.88 Å². The number of amides is 2. The summed E-state index contributed by atoms with van der Waals surface area (Å²) in [6.07, 6.45) is 5.06. The van der Waals surface area contributed by atoms with Crippen LogP contribution in [0.2, 0.25) is 0 Å². The first-order valence-electron chi connectivity index (χ1n) is 11.5. The van der Waals surface area contributed by atoms with Crippen LogP contribution in [0.25, 0.3) is 0 Å². The van der Waals surface area contributed by atoms with E-state index in [9.17, 15) is 14.4 Å². The minimum Gasteiger partial charge on any atom is -0.481 e. The Morgan fingerprint density at radius 1 is 1.18 bits per heavy atom. The normalized spacial score (nSPS) is 20.7. The maximum absolute atomic E-state index is 13.0. The average Bonchev–Trinajstić information content (AvgIpc) is 3.19. The molecule has 34 heavy (non-hydrogen) atoms. The Bertz CT molecular complexity index is 1070. The lowest BCUT2D eigenvalue weighted by atomic mass is 9.83. The number of aromatic nitrogens is 1. The summed E-state index contributed by atoms with van der Waals surface area (Å²) in [4.78, 5) is 52.7. The summed E-state index contributed by atoms with van der Waals surface area (Å²) in [5, 5.41) is 5.69. The van der Waals surface area contributed by atoms with E-state index in [4.69, 9.17) is 4.74 Å². The number of hydrogen-bond acceptors (Lipinski definition) is 8. The molecule has 1 aromatic rings. The van der Waals surface area contributed by atoms with E-state index in [0.29, 0.717) is 61.9 Å². The first kappa shape index (κ1) is 23.7. The largest absolute Gasteiger partial charge is 0.481 e. The molecule has 10 nitrogen and oxygen atoms in total. The van der Waals surface area contributed by atoms with Crippen molar-refractivity contribution in [2.24, 2.45) is 32.3 Å². The molecule has 3 aliphatic rings. The van der Waals surface area contributed by atoms with Crippen molar-refractivity contribution in [2.45, 2.75) is 39.5 Å². The Morgan fingerprint density at radius 3 is 2.56 bits per heavy atom. The summed E-state index contributed by atoms with van der Waals surface area (Å²) in [5.74, 6) is 0.685. The summed E-state index contributed by atoms with van der Waals surface area (Å²) in [7, 11) is 3.28.